The first kappa shape index (κ1) is 7.86. The van der Waals surface area contributed by atoms with Crippen LogP contribution in [0.4, 0.5) is 0 Å². The Labute approximate surface area is 67.0 Å². The zero-order valence-electron chi connectivity index (χ0n) is 6.59. The standard InChI is InChI=1S/C10H11O/c1-8(2)7-9-5-3-4-6-10(9)11/h3-5,11H,1,7H2,2H3. The average Bonchev–Trinajstić information content (AvgIpc) is 1.93. The van der Waals surface area contributed by atoms with E-state index in [0.29, 0.717) is 0 Å². The summed E-state index contributed by atoms with van der Waals surface area (Å²) < 4.78 is 0. The van der Waals surface area contributed by atoms with Crippen molar-refractivity contribution < 1.29 is 5.11 Å². The third-order valence-electron chi connectivity index (χ3n) is 1.41. The summed E-state index contributed by atoms with van der Waals surface area (Å²) >= 11 is 0. The topological polar surface area (TPSA) is 20.2 Å². The van der Waals surface area contributed by atoms with Crippen LogP contribution in [0.5, 0.6) is 5.75 Å². The van der Waals surface area contributed by atoms with Crippen molar-refractivity contribution in [2.24, 2.45) is 0 Å². The first-order valence-electron chi connectivity index (χ1n) is 3.53. The Kier molecular flexibility index (Phi) is 2.32. The number of hydrogen-bond donors (Lipinski definition) is 1. The molecular formula is C10H11O. The van der Waals surface area contributed by atoms with Crippen LogP contribution in [0.15, 0.2) is 30.4 Å². The van der Waals surface area contributed by atoms with Gasteiger partial charge in [-0.2, -0.15) is 0 Å². The molecule has 1 heteroatoms. The average molecular weight is 147 g/mol. The van der Waals surface area contributed by atoms with Gasteiger partial charge >= 0.3 is 0 Å². The van der Waals surface area contributed by atoms with Gasteiger partial charge in [0, 0.05) is 6.07 Å². The van der Waals surface area contributed by atoms with Crippen molar-refractivity contribution in [2.75, 3.05) is 0 Å². The molecule has 0 amide bonds. The van der Waals surface area contributed by atoms with Gasteiger partial charge in [0.05, 0.1) is 0 Å². The van der Waals surface area contributed by atoms with Crippen molar-refractivity contribution in [3.8, 4) is 5.75 Å². The maximum Gasteiger partial charge on any atom is 0.127 e. The van der Waals surface area contributed by atoms with Gasteiger partial charge in [0.25, 0.3) is 0 Å². The van der Waals surface area contributed by atoms with E-state index in [0.717, 1.165) is 17.6 Å². The van der Waals surface area contributed by atoms with Crippen LogP contribution in [-0.2, 0) is 6.42 Å². The van der Waals surface area contributed by atoms with Gasteiger partial charge < -0.3 is 5.11 Å². The summed E-state index contributed by atoms with van der Waals surface area (Å²) in [5.41, 5.74) is 1.93. The zero-order chi connectivity index (χ0) is 8.27. The summed E-state index contributed by atoms with van der Waals surface area (Å²) in [6, 6.07) is 8.15. The number of phenolic OH excluding ortho intramolecular Hbond substituents is 1. The van der Waals surface area contributed by atoms with E-state index in [4.69, 9.17) is 0 Å². The predicted octanol–water partition coefficient (Wildman–Crippen LogP) is 2.31. The van der Waals surface area contributed by atoms with Crippen LogP contribution < -0.4 is 0 Å². The third kappa shape index (κ3) is 2.11. The molecule has 1 radical (unpaired) electrons. The van der Waals surface area contributed by atoms with Crippen molar-refractivity contribution in [1.82, 2.24) is 0 Å². The lowest BCUT2D eigenvalue weighted by Crippen LogP contribution is -1.85. The highest BCUT2D eigenvalue weighted by atomic mass is 16.3. The normalized spacial score (nSPS) is 9.55. The molecule has 0 aliphatic heterocycles. The molecule has 0 fully saturated rings. The fourth-order valence-electron chi connectivity index (χ4n) is 0.931. The second-order valence-electron chi connectivity index (χ2n) is 2.68. The number of benzene rings is 1. The fourth-order valence-corrected chi connectivity index (χ4v) is 0.931. The molecule has 1 N–H and O–H groups in total. The highest BCUT2D eigenvalue weighted by Gasteiger charge is 1.98. The van der Waals surface area contributed by atoms with Crippen LogP contribution in [0.25, 0.3) is 0 Å². The lowest BCUT2D eigenvalue weighted by Gasteiger charge is -2.01. The minimum absolute atomic E-state index is 0.232. The summed E-state index contributed by atoms with van der Waals surface area (Å²) in [5, 5.41) is 9.26. The molecule has 0 saturated heterocycles. The van der Waals surface area contributed by atoms with E-state index in [2.05, 4.69) is 12.6 Å². The summed E-state index contributed by atoms with van der Waals surface area (Å²) in [6.45, 7) is 5.70. The lowest BCUT2D eigenvalue weighted by atomic mass is 10.1. The number of allylic oxidation sites excluding steroid dienone is 1. The molecule has 0 heterocycles. The van der Waals surface area contributed by atoms with Gasteiger partial charge in [0.15, 0.2) is 0 Å². The number of rotatable bonds is 2. The quantitative estimate of drug-likeness (QED) is 0.636. The molecule has 1 aromatic carbocycles. The van der Waals surface area contributed by atoms with Crippen molar-refractivity contribution >= 4 is 0 Å². The van der Waals surface area contributed by atoms with Gasteiger partial charge in [-0.05, 0) is 18.9 Å². The van der Waals surface area contributed by atoms with Crippen molar-refractivity contribution in [1.29, 1.82) is 0 Å². The smallest absolute Gasteiger partial charge is 0.127 e. The fraction of sp³-hybridized carbons (Fsp3) is 0.200. The summed E-state index contributed by atoms with van der Waals surface area (Å²) in [4.78, 5) is 0. The lowest BCUT2D eigenvalue weighted by molar-refractivity contribution is 0.468. The van der Waals surface area contributed by atoms with E-state index in [-0.39, 0.29) is 5.75 Å². The van der Waals surface area contributed by atoms with E-state index in [1.165, 1.54) is 0 Å². The zero-order valence-corrected chi connectivity index (χ0v) is 6.59. The minimum Gasteiger partial charge on any atom is -0.507 e. The molecule has 0 aromatic heterocycles. The summed E-state index contributed by atoms with van der Waals surface area (Å²) in [7, 11) is 0. The Morgan fingerprint density at radius 3 is 3.00 bits per heavy atom. The number of para-hydroxylation sites is 1. The maximum atomic E-state index is 9.26. The molecule has 57 valence electrons. The Bertz CT molecular complexity index is 263. The van der Waals surface area contributed by atoms with Gasteiger partial charge in [-0.25, -0.2) is 0 Å². The van der Waals surface area contributed by atoms with Gasteiger partial charge in [-0.15, -0.1) is 0 Å². The van der Waals surface area contributed by atoms with E-state index in [9.17, 15) is 5.11 Å². The van der Waals surface area contributed by atoms with Crippen LogP contribution >= 0.6 is 0 Å². The number of aromatic hydroxyl groups is 1. The highest BCUT2D eigenvalue weighted by Crippen LogP contribution is 2.17. The molecule has 1 aromatic rings. The number of hydrogen-bond acceptors (Lipinski definition) is 1. The van der Waals surface area contributed by atoms with Gasteiger partial charge in [-0.3, -0.25) is 0 Å². The third-order valence-corrected chi connectivity index (χ3v) is 1.41. The molecule has 0 aliphatic rings. The minimum atomic E-state index is 0.232. The molecule has 0 unspecified atom stereocenters. The van der Waals surface area contributed by atoms with Crippen LogP contribution in [-0.4, -0.2) is 5.11 Å². The molecular weight excluding hydrogens is 136 g/mol. The van der Waals surface area contributed by atoms with Crippen molar-refractivity contribution in [3.63, 3.8) is 0 Å². The molecule has 0 atom stereocenters. The second-order valence-corrected chi connectivity index (χ2v) is 2.68. The molecule has 11 heavy (non-hydrogen) atoms. The monoisotopic (exact) mass is 147 g/mol. The Balaban J connectivity index is 2.86. The van der Waals surface area contributed by atoms with Crippen LogP contribution in [0.3, 0.4) is 0 Å². The van der Waals surface area contributed by atoms with Gasteiger partial charge in [-0.1, -0.05) is 30.4 Å². The van der Waals surface area contributed by atoms with E-state index in [1.807, 2.05) is 19.1 Å². The molecule has 0 bridgehead atoms. The van der Waals surface area contributed by atoms with Crippen molar-refractivity contribution in [3.05, 3.63) is 42.0 Å². The van der Waals surface area contributed by atoms with E-state index in [1.54, 1.807) is 6.07 Å². The predicted molar refractivity (Wildman–Crippen MR) is 45.5 cm³/mol. The molecule has 1 rings (SSSR count). The Morgan fingerprint density at radius 1 is 1.73 bits per heavy atom. The van der Waals surface area contributed by atoms with Crippen LogP contribution in [0.2, 0.25) is 0 Å². The molecule has 0 saturated carbocycles. The second kappa shape index (κ2) is 3.24. The summed E-state index contributed by atoms with van der Waals surface area (Å²) in [6.07, 6.45) is 0.725. The molecule has 0 spiro atoms. The molecule has 0 aliphatic carbocycles. The van der Waals surface area contributed by atoms with Crippen molar-refractivity contribution in [2.45, 2.75) is 13.3 Å². The largest absolute Gasteiger partial charge is 0.507 e. The van der Waals surface area contributed by atoms with E-state index >= 15 is 0 Å². The first-order chi connectivity index (χ1) is 5.20. The van der Waals surface area contributed by atoms with Gasteiger partial charge in [0.2, 0.25) is 0 Å². The Hall–Kier alpha value is -1.24. The van der Waals surface area contributed by atoms with Crippen LogP contribution in [0, 0.1) is 6.07 Å². The SMILES string of the molecule is C=C(C)Cc1ccc[c]c1O. The first-order valence-corrected chi connectivity index (χ1v) is 3.53. The highest BCUT2D eigenvalue weighted by molar-refractivity contribution is 5.33. The Morgan fingerprint density at radius 2 is 2.45 bits per heavy atom. The maximum absolute atomic E-state index is 9.26. The van der Waals surface area contributed by atoms with E-state index < -0.39 is 0 Å². The van der Waals surface area contributed by atoms with Crippen LogP contribution in [0.1, 0.15) is 12.5 Å². The molecule has 1 nitrogen and oxygen atoms in total. The number of phenols is 1. The summed E-state index contributed by atoms with van der Waals surface area (Å²) in [5.74, 6) is 0.232. The van der Waals surface area contributed by atoms with Gasteiger partial charge in [0.1, 0.15) is 5.75 Å².